The lowest BCUT2D eigenvalue weighted by molar-refractivity contribution is -0.132. The molecule has 0 radical (unpaired) electrons. The van der Waals surface area contributed by atoms with E-state index < -0.39 is 5.97 Å². The van der Waals surface area contributed by atoms with Crippen molar-refractivity contribution in [2.24, 2.45) is 0 Å². The van der Waals surface area contributed by atoms with Crippen LogP contribution in [-0.4, -0.2) is 17.0 Å². The summed E-state index contributed by atoms with van der Waals surface area (Å²) in [6.07, 6.45) is 18.2. The standard InChI is InChI=1S/C19H34O3/c1-2-3-4-5-6-7-8-9-10-11-12-13-14-15-16-18(17-20)19(21)22/h2-16H2,1H3,(H,21,22). The summed E-state index contributed by atoms with van der Waals surface area (Å²) in [4.78, 5) is 21.0. The third kappa shape index (κ3) is 13.9. The van der Waals surface area contributed by atoms with E-state index in [0.29, 0.717) is 6.42 Å². The van der Waals surface area contributed by atoms with Gasteiger partial charge in [-0.05, 0) is 12.8 Å². The molecule has 0 saturated heterocycles. The van der Waals surface area contributed by atoms with Crippen LogP contribution in [0.5, 0.6) is 0 Å². The molecular weight excluding hydrogens is 276 g/mol. The smallest absolute Gasteiger partial charge is 0.342 e. The van der Waals surface area contributed by atoms with Crippen molar-refractivity contribution >= 4 is 11.9 Å². The van der Waals surface area contributed by atoms with Gasteiger partial charge in [0.1, 0.15) is 11.5 Å². The van der Waals surface area contributed by atoms with Crippen LogP contribution in [0.4, 0.5) is 0 Å². The van der Waals surface area contributed by atoms with E-state index in [2.05, 4.69) is 6.92 Å². The van der Waals surface area contributed by atoms with Crippen molar-refractivity contribution in [1.82, 2.24) is 0 Å². The van der Waals surface area contributed by atoms with E-state index >= 15 is 0 Å². The third-order valence-corrected chi connectivity index (χ3v) is 4.16. The molecule has 0 saturated carbocycles. The number of unbranched alkanes of at least 4 members (excludes halogenated alkanes) is 13. The minimum atomic E-state index is -1.12. The Morgan fingerprint density at radius 2 is 1.09 bits per heavy atom. The lowest BCUT2D eigenvalue weighted by Crippen LogP contribution is -2.01. The van der Waals surface area contributed by atoms with E-state index in [1.165, 1.54) is 76.6 Å². The highest BCUT2D eigenvalue weighted by molar-refractivity contribution is 5.95. The first-order chi connectivity index (χ1) is 10.7. The fraction of sp³-hybridized carbons (Fsp3) is 0.842. The highest BCUT2D eigenvalue weighted by Crippen LogP contribution is 2.14. The van der Waals surface area contributed by atoms with Gasteiger partial charge in [0.15, 0.2) is 0 Å². The summed E-state index contributed by atoms with van der Waals surface area (Å²) in [5.41, 5.74) is -0.112. The molecule has 3 nitrogen and oxygen atoms in total. The number of carboxylic acid groups (broad SMARTS) is 1. The Bertz CT molecular complexity index is 317. The van der Waals surface area contributed by atoms with Crippen LogP contribution >= 0.6 is 0 Å². The molecule has 0 unspecified atom stereocenters. The van der Waals surface area contributed by atoms with Crippen molar-refractivity contribution in [3.8, 4) is 0 Å². The fourth-order valence-electron chi connectivity index (χ4n) is 2.70. The molecule has 22 heavy (non-hydrogen) atoms. The van der Waals surface area contributed by atoms with Gasteiger partial charge in [-0.1, -0.05) is 90.4 Å². The van der Waals surface area contributed by atoms with Crippen molar-refractivity contribution in [3.63, 3.8) is 0 Å². The number of carboxylic acids is 1. The quantitative estimate of drug-likeness (QED) is 0.226. The topological polar surface area (TPSA) is 54.4 Å². The number of rotatable bonds is 16. The monoisotopic (exact) mass is 310 g/mol. The van der Waals surface area contributed by atoms with Gasteiger partial charge >= 0.3 is 5.97 Å². The Balaban J connectivity index is 3.18. The number of carbonyl (C=O) groups excluding carboxylic acids is 1. The first kappa shape index (κ1) is 20.9. The van der Waals surface area contributed by atoms with Crippen LogP contribution in [0.3, 0.4) is 0 Å². The molecule has 0 spiro atoms. The highest BCUT2D eigenvalue weighted by atomic mass is 16.4. The molecule has 0 amide bonds. The summed E-state index contributed by atoms with van der Waals surface area (Å²) in [5.74, 6) is 0.395. The third-order valence-electron chi connectivity index (χ3n) is 4.16. The van der Waals surface area contributed by atoms with Crippen LogP contribution in [0.15, 0.2) is 5.57 Å². The molecule has 1 N–H and O–H groups in total. The number of carbonyl (C=O) groups is 1. The lowest BCUT2D eigenvalue weighted by Gasteiger charge is -2.03. The van der Waals surface area contributed by atoms with E-state index in [0.717, 1.165) is 19.3 Å². The van der Waals surface area contributed by atoms with Crippen LogP contribution < -0.4 is 0 Å². The van der Waals surface area contributed by atoms with Gasteiger partial charge < -0.3 is 5.11 Å². The fourth-order valence-corrected chi connectivity index (χ4v) is 2.70. The minimum Gasteiger partial charge on any atom is -0.477 e. The maximum absolute atomic E-state index is 10.6. The van der Waals surface area contributed by atoms with E-state index in [4.69, 9.17) is 5.11 Å². The molecule has 128 valence electrons. The molecule has 0 heterocycles. The molecule has 0 aliphatic heterocycles. The zero-order valence-corrected chi connectivity index (χ0v) is 14.4. The van der Waals surface area contributed by atoms with Crippen LogP contribution in [-0.2, 0) is 9.59 Å². The molecule has 0 aromatic carbocycles. The van der Waals surface area contributed by atoms with Gasteiger partial charge in [-0.3, -0.25) is 0 Å². The molecule has 3 heteroatoms. The second kappa shape index (κ2) is 16.3. The molecule has 0 aliphatic carbocycles. The highest BCUT2D eigenvalue weighted by Gasteiger charge is 2.07. The SMILES string of the molecule is CCCCCCCCCCCCCCCCC(=C=O)C(=O)O. The van der Waals surface area contributed by atoms with Crippen molar-refractivity contribution in [1.29, 1.82) is 0 Å². The summed E-state index contributed by atoms with van der Waals surface area (Å²) in [7, 11) is 0. The Hall–Kier alpha value is -1.08. The van der Waals surface area contributed by atoms with E-state index in [-0.39, 0.29) is 5.57 Å². The summed E-state index contributed by atoms with van der Waals surface area (Å²) < 4.78 is 0. The van der Waals surface area contributed by atoms with E-state index in [1.807, 2.05) is 0 Å². The van der Waals surface area contributed by atoms with Gasteiger partial charge in [0.05, 0.1) is 0 Å². The van der Waals surface area contributed by atoms with Crippen molar-refractivity contribution in [2.75, 3.05) is 0 Å². The minimum absolute atomic E-state index is 0.112. The summed E-state index contributed by atoms with van der Waals surface area (Å²) in [6, 6.07) is 0. The second-order valence-electron chi connectivity index (χ2n) is 6.23. The van der Waals surface area contributed by atoms with Crippen molar-refractivity contribution in [2.45, 2.75) is 103 Å². The van der Waals surface area contributed by atoms with Crippen LogP contribution in [0.25, 0.3) is 0 Å². The number of aliphatic carboxylic acids is 1. The lowest BCUT2D eigenvalue weighted by atomic mass is 10.0. The maximum Gasteiger partial charge on any atom is 0.342 e. The van der Waals surface area contributed by atoms with E-state index in [1.54, 1.807) is 0 Å². The Labute approximate surface area is 136 Å². The predicted molar refractivity (Wildman–Crippen MR) is 91.8 cm³/mol. The average molecular weight is 310 g/mol. The van der Waals surface area contributed by atoms with Gasteiger partial charge in [-0.2, -0.15) is 0 Å². The Morgan fingerprint density at radius 3 is 1.41 bits per heavy atom. The first-order valence-electron chi connectivity index (χ1n) is 9.19. The molecule has 0 atom stereocenters. The summed E-state index contributed by atoms with van der Waals surface area (Å²) in [5, 5.41) is 8.68. The van der Waals surface area contributed by atoms with Crippen LogP contribution in [0.1, 0.15) is 103 Å². The van der Waals surface area contributed by atoms with Crippen LogP contribution in [0, 0.1) is 0 Å². The molecule has 0 fully saturated rings. The zero-order valence-electron chi connectivity index (χ0n) is 14.4. The van der Waals surface area contributed by atoms with Gasteiger partial charge in [0.2, 0.25) is 0 Å². The molecular formula is C19H34O3. The molecule has 0 aromatic rings. The van der Waals surface area contributed by atoms with E-state index in [9.17, 15) is 9.59 Å². The molecule has 0 rings (SSSR count). The van der Waals surface area contributed by atoms with Gasteiger partial charge in [-0.25, -0.2) is 9.59 Å². The largest absolute Gasteiger partial charge is 0.477 e. The van der Waals surface area contributed by atoms with Gasteiger partial charge in [-0.15, -0.1) is 0 Å². The number of hydrogen-bond acceptors (Lipinski definition) is 2. The maximum atomic E-state index is 10.6. The molecule has 0 aromatic heterocycles. The second-order valence-corrected chi connectivity index (χ2v) is 6.23. The van der Waals surface area contributed by atoms with Crippen LogP contribution in [0.2, 0.25) is 0 Å². The average Bonchev–Trinajstić information content (AvgIpc) is 2.51. The molecule has 0 bridgehead atoms. The Kier molecular flexibility index (Phi) is 15.5. The normalized spacial score (nSPS) is 10.4. The predicted octanol–water partition coefficient (Wildman–Crippen LogP) is 5.70. The summed E-state index contributed by atoms with van der Waals surface area (Å²) in [6.45, 7) is 2.25. The van der Waals surface area contributed by atoms with Crippen molar-refractivity contribution in [3.05, 3.63) is 5.57 Å². The Morgan fingerprint density at radius 1 is 0.727 bits per heavy atom. The van der Waals surface area contributed by atoms with Gasteiger partial charge in [0, 0.05) is 0 Å². The number of hydrogen-bond donors (Lipinski definition) is 1. The van der Waals surface area contributed by atoms with Gasteiger partial charge in [0.25, 0.3) is 0 Å². The first-order valence-corrected chi connectivity index (χ1v) is 9.19. The zero-order chi connectivity index (χ0) is 16.5. The van der Waals surface area contributed by atoms with Crippen molar-refractivity contribution < 1.29 is 14.7 Å². The summed E-state index contributed by atoms with van der Waals surface area (Å²) >= 11 is 0. The molecule has 0 aliphatic rings.